The van der Waals surface area contributed by atoms with Gasteiger partial charge in [0, 0.05) is 6.54 Å². The van der Waals surface area contributed by atoms with Crippen LogP contribution in [0.4, 0.5) is 8.78 Å². The molecule has 0 spiro atoms. The van der Waals surface area contributed by atoms with Gasteiger partial charge in [-0.25, -0.2) is 8.78 Å². The second kappa shape index (κ2) is 5.27. The van der Waals surface area contributed by atoms with Gasteiger partial charge in [-0.2, -0.15) is 0 Å². The first-order chi connectivity index (χ1) is 6.63. The molecular weight excluding hydrogens is 208 g/mol. The lowest BCUT2D eigenvalue weighted by molar-refractivity contribution is 0.393. The summed E-state index contributed by atoms with van der Waals surface area (Å²) in [6.07, 6.45) is 0.667. The van der Waals surface area contributed by atoms with Crippen LogP contribution in [0.2, 0.25) is 0 Å². The highest BCUT2D eigenvalue weighted by Gasteiger charge is 2.03. The Labute approximate surface area is 87.3 Å². The van der Waals surface area contributed by atoms with Gasteiger partial charge in [-0.15, -0.1) is 11.6 Å². The second-order valence-electron chi connectivity index (χ2n) is 3.20. The Bertz CT molecular complexity index is 304. The van der Waals surface area contributed by atoms with E-state index in [1.807, 2.05) is 11.9 Å². The Hall–Kier alpha value is -0.670. The molecule has 0 N–H and O–H groups in total. The third-order valence-electron chi connectivity index (χ3n) is 1.97. The first-order valence-corrected chi connectivity index (χ1v) is 4.85. The zero-order valence-electron chi connectivity index (χ0n) is 7.93. The Balaban J connectivity index is 2.55. The van der Waals surface area contributed by atoms with Crippen molar-refractivity contribution in [1.82, 2.24) is 4.90 Å². The van der Waals surface area contributed by atoms with Crippen LogP contribution in [0.15, 0.2) is 18.2 Å². The zero-order chi connectivity index (χ0) is 10.6. The summed E-state index contributed by atoms with van der Waals surface area (Å²) in [6.45, 7) is 0.731. The topological polar surface area (TPSA) is 3.24 Å². The van der Waals surface area contributed by atoms with Gasteiger partial charge in [0.2, 0.25) is 0 Å². The summed E-state index contributed by atoms with van der Waals surface area (Å²) < 4.78 is 25.3. The number of alkyl halides is 1. The van der Waals surface area contributed by atoms with Crippen molar-refractivity contribution < 1.29 is 8.78 Å². The maximum absolute atomic E-state index is 12.8. The molecule has 4 heteroatoms. The number of likely N-dealkylation sites (N-methyl/N-ethyl adjacent to an activating group) is 1. The molecule has 0 aliphatic rings. The summed E-state index contributed by atoms with van der Waals surface area (Å²) in [5.41, 5.74) is 0.779. The molecule has 1 nitrogen and oxygen atoms in total. The molecule has 0 saturated heterocycles. The molecule has 0 aliphatic carbocycles. The van der Waals surface area contributed by atoms with Crippen LogP contribution in [0.1, 0.15) is 5.56 Å². The van der Waals surface area contributed by atoms with Crippen molar-refractivity contribution in [2.45, 2.75) is 6.42 Å². The Morgan fingerprint density at radius 1 is 1.29 bits per heavy atom. The molecule has 0 aromatic heterocycles. The van der Waals surface area contributed by atoms with Gasteiger partial charge in [0.05, 0.1) is 6.00 Å². The fraction of sp³-hybridized carbons (Fsp3) is 0.400. The monoisotopic (exact) mass is 219 g/mol. The minimum Gasteiger partial charge on any atom is -0.293 e. The van der Waals surface area contributed by atoms with Gasteiger partial charge in [0.25, 0.3) is 0 Å². The summed E-state index contributed by atoms with van der Waals surface area (Å²) in [6, 6.07) is 4.38. The first-order valence-electron chi connectivity index (χ1n) is 4.32. The molecule has 78 valence electrons. The van der Waals surface area contributed by atoms with Crippen molar-refractivity contribution in [2.24, 2.45) is 0 Å². The Morgan fingerprint density at radius 2 is 2.00 bits per heavy atom. The third-order valence-corrected chi connectivity index (χ3v) is 2.38. The highest BCUT2D eigenvalue weighted by Crippen LogP contribution is 2.09. The number of nitrogens with zero attached hydrogens (tertiary/aromatic N) is 1. The Kier molecular flexibility index (Phi) is 4.29. The smallest absolute Gasteiger partial charge is 0.159 e. The third kappa shape index (κ3) is 3.24. The summed E-state index contributed by atoms with van der Waals surface area (Å²) in [4.78, 5) is 1.89. The van der Waals surface area contributed by atoms with E-state index in [2.05, 4.69) is 0 Å². The number of benzene rings is 1. The van der Waals surface area contributed by atoms with Crippen LogP contribution in [0, 0.1) is 11.6 Å². The fourth-order valence-corrected chi connectivity index (χ4v) is 1.19. The lowest BCUT2D eigenvalue weighted by Crippen LogP contribution is -2.19. The van der Waals surface area contributed by atoms with Crippen molar-refractivity contribution in [2.75, 3.05) is 19.6 Å². The largest absolute Gasteiger partial charge is 0.293 e. The minimum absolute atomic E-state index is 0.434. The van der Waals surface area contributed by atoms with E-state index in [0.29, 0.717) is 12.4 Å². The molecular formula is C10H12ClF2N. The molecule has 0 amide bonds. The van der Waals surface area contributed by atoms with Crippen LogP contribution in [0.25, 0.3) is 0 Å². The van der Waals surface area contributed by atoms with Gasteiger partial charge < -0.3 is 0 Å². The molecule has 1 rings (SSSR count). The lowest BCUT2D eigenvalue weighted by Gasteiger charge is -2.11. The number of hydrogen-bond acceptors (Lipinski definition) is 1. The average Bonchev–Trinajstić information content (AvgIpc) is 2.19. The van der Waals surface area contributed by atoms with Crippen LogP contribution in [0.3, 0.4) is 0 Å². The van der Waals surface area contributed by atoms with Crippen LogP contribution < -0.4 is 0 Å². The number of hydrogen-bond donors (Lipinski definition) is 0. The van der Waals surface area contributed by atoms with E-state index in [1.54, 1.807) is 6.07 Å². The molecule has 0 fully saturated rings. The van der Waals surface area contributed by atoms with Gasteiger partial charge in [-0.1, -0.05) is 6.07 Å². The second-order valence-corrected chi connectivity index (χ2v) is 3.44. The van der Waals surface area contributed by atoms with E-state index >= 15 is 0 Å². The van der Waals surface area contributed by atoms with Crippen LogP contribution >= 0.6 is 11.6 Å². The van der Waals surface area contributed by atoms with Crippen molar-refractivity contribution in [3.05, 3.63) is 35.4 Å². The summed E-state index contributed by atoms with van der Waals surface area (Å²) in [7, 11) is 1.87. The molecule has 1 aromatic carbocycles. The summed E-state index contributed by atoms with van der Waals surface area (Å²) in [5, 5.41) is 0. The van der Waals surface area contributed by atoms with Gasteiger partial charge in [0.1, 0.15) is 0 Å². The van der Waals surface area contributed by atoms with Crippen molar-refractivity contribution in [3.63, 3.8) is 0 Å². The van der Waals surface area contributed by atoms with Crippen molar-refractivity contribution >= 4 is 11.6 Å². The molecule has 0 aliphatic heterocycles. The summed E-state index contributed by atoms with van der Waals surface area (Å²) >= 11 is 5.57. The van der Waals surface area contributed by atoms with E-state index in [1.165, 1.54) is 6.07 Å². The highest BCUT2D eigenvalue weighted by atomic mass is 35.5. The van der Waals surface area contributed by atoms with Crippen LogP contribution in [-0.4, -0.2) is 24.5 Å². The normalized spacial score (nSPS) is 10.9. The highest BCUT2D eigenvalue weighted by molar-refractivity contribution is 6.17. The minimum atomic E-state index is -0.806. The predicted octanol–water partition coefficient (Wildman–Crippen LogP) is 2.64. The quantitative estimate of drug-likeness (QED) is 0.556. The molecule has 0 saturated carbocycles. The van der Waals surface area contributed by atoms with Crippen LogP contribution in [-0.2, 0) is 6.42 Å². The van der Waals surface area contributed by atoms with E-state index in [4.69, 9.17) is 11.6 Å². The molecule has 0 atom stereocenters. The van der Waals surface area contributed by atoms with E-state index < -0.39 is 11.6 Å². The van der Waals surface area contributed by atoms with E-state index in [-0.39, 0.29) is 0 Å². The SMILES string of the molecule is CN(CCl)CCc1ccc(F)c(F)c1. The maximum Gasteiger partial charge on any atom is 0.159 e. The van der Waals surface area contributed by atoms with Gasteiger partial charge in [0.15, 0.2) is 11.6 Å². The van der Waals surface area contributed by atoms with Crippen molar-refractivity contribution in [3.8, 4) is 0 Å². The maximum atomic E-state index is 12.8. The zero-order valence-corrected chi connectivity index (χ0v) is 8.69. The fourth-order valence-electron chi connectivity index (χ4n) is 1.07. The molecule has 0 unspecified atom stereocenters. The van der Waals surface area contributed by atoms with Gasteiger partial charge >= 0.3 is 0 Å². The first kappa shape index (κ1) is 11.4. The summed E-state index contributed by atoms with van der Waals surface area (Å²) in [5.74, 6) is -1.60. The number of rotatable bonds is 4. The standard InChI is InChI=1S/C10H12ClF2N/c1-14(7-11)5-4-8-2-3-9(12)10(13)6-8/h2-3,6H,4-5,7H2,1H3. The van der Waals surface area contributed by atoms with Crippen LogP contribution in [0.5, 0.6) is 0 Å². The van der Waals surface area contributed by atoms with E-state index in [9.17, 15) is 8.78 Å². The molecule has 0 bridgehead atoms. The van der Waals surface area contributed by atoms with E-state index in [0.717, 1.165) is 18.2 Å². The molecule has 0 radical (unpaired) electrons. The van der Waals surface area contributed by atoms with Gasteiger partial charge in [-0.3, -0.25) is 4.90 Å². The lowest BCUT2D eigenvalue weighted by atomic mass is 10.1. The predicted molar refractivity (Wildman–Crippen MR) is 53.4 cm³/mol. The van der Waals surface area contributed by atoms with Gasteiger partial charge in [-0.05, 0) is 31.2 Å². The molecule has 0 heterocycles. The Morgan fingerprint density at radius 3 is 2.57 bits per heavy atom. The number of halogens is 3. The van der Waals surface area contributed by atoms with Crippen molar-refractivity contribution in [1.29, 1.82) is 0 Å². The average molecular weight is 220 g/mol. The molecule has 1 aromatic rings. The molecule has 14 heavy (non-hydrogen) atoms.